The number of benzene rings is 1. The normalized spacial score (nSPS) is 12.2. The number of methoxy groups -OCH3 is 2. The molecule has 1 aromatic heterocycles. The molecule has 5 nitrogen and oxygen atoms in total. The minimum absolute atomic E-state index is 0.0966. The third-order valence-electron chi connectivity index (χ3n) is 3.29. The third-order valence-corrected chi connectivity index (χ3v) is 3.29. The molecule has 1 atom stereocenters. The molecule has 1 aromatic carbocycles. The summed E-state index contributed by atoms with van der Waals surface area (Å²) in [6, 6.07) is 5.91. The number of rotatable bonds is 6. The topological polar surface area (TPSA) is 48.3 Å². The Bertz CT molecular complexity index is 566. The van der Waals surface area contributed by atoms with Gasteiger partial charge < -0.3 is 14.8 Å². The highest BCUT2D eigenvalue weighted by Gasteiger charge is 2.16. The average Bonchev–Trinajstić information content (AvgIpc) is 2.89. The molecule has 0 radical (unpaired) electrons. The third kappa shape index (κ3) is 3.11. The minimum Gasteiger partial charge on any atom is -0.497 e. The number of aromatic nitrogens is 2. The van der Waals surface area contributed by atoms with Crippen LogP contribution in [0.4, 0.5) is 0 Å². The maximum Gasteiger partial charge on any atom is 0.123 e. The van der Waals surface area contributed by atoms with E-state index < -0.39 is 0 Å². The van der Waals surface area contributed by atoms with Gasteiger partial charge in [-0.3, -0.25) is 4.68 Å². The highest BCUT2D eigenvalue weighted by Crippen LogP contribution is 2.30. The van der Waals surface area contributed by atoms with Crippen LogP contribution in [0.15, 0.2) is 30.6 Å². The smallest absolute Gasteiger partial charge is 0.123 e. The standard InChI is InChI=1S/C15H21N3O2/c1-11-8-17-18(9-11)10-14(16-2)13-7-12(19-3)5-6-15(13)20-4/h5-9,14,16H,10H2,1-4H3. The van der Waals surface area contributed by atoms with E-state index in [1.165, 1.54) is 0 Å². The van der Waals surface area contributed by atoms with Gasteiger partial charge in [-0.25, -0.2) is 0 Å². The van der Waals surface area contributed by atoms with Crippen LogP contribution in [0.3, 0.4) is 0 Å². The van der Waals surface area contributed by atoms with Gasteiger partial charge in [0, 0.05) is 11.8 Å². The lowest BCUT2D eigenvalue weighted by Gasteiger charge is -2.20. The van der Waals surface area contributed by atoms with Gasteiger partial charge in [0.2, 0.25) is 0 Å². The summed E-state index contributed by atoms with van der Waals surface area (Å²) in [4.78, 5) is 0. The van der Waals surface area contributed by atoms with Crippen molar-refractivity contribution in [3.8, 4) is 11.5 Å². The first-order valence-corrected chi connectivity index (χ1v) is 6.56. The molecule has 0 aliphatic heterocycles. The van der Waals surface area contributed by atoms with E-state index in [1.54, 1.807) is 14.2 Å². The molecule has 0 aliphatic carbocycles. The Morgan fingerprint density at radius 2 is 2.10 bits per heavy atom. The van der Waals surface area contributed by atoms with Crippen molar-refractivity contribution >= 4 is 0 Å². The fourth-order valence-electron chi connectivity index (χ4n) is 2.21. The van der Waals surface area contributed by atoms with Crippen LogP contribution in [0.5, 0.6) is 11.5 Å². The van der Waals surface area contributed by atoms with Crippen molar-refractivity contribution < 1.29 is 9.47 Å². The van der Waals surface area contributed by atoms with Gasteiger partial charge in [0.05, 0.1) is 33.0 Å². The van der Waals surface area contributed by atoms with E-state index >= 15 is 0 Å². The first-order valence-electron chi connectivity index (χ1n) is 6.56. The quantitative estimate of drug-likeness (QED) is 0.877. The summed E-state index contributed by atoms with van der Waals surface area (Å²) in [7, 11) is 5.27. The number of likely N-dealkylation sites (N-methyl/N-ethyl adjacent to an activating group) is 1. The Morgan fingerprint density at radius 3 is 2.65 bits per heavy atom. The zero-order valence-electron chi connectivity index (χ0n) is 12.4. The van der Waals surface area contributed by atoms with Crippen LogP contribution in [-0.2, 0) is 6.54 Å². The van der Waals surface area contributed by atoms with E-state index in [9.17, 15) is 0 Å². The monoisotopic (exact) mass is 275 g/mol. The summed E-state index contributed by atoms with van der Waals surface area (Å²) in [5, 5.41) is 7.64. The van der Waals surface area contributed by atoms with E-state index in [2.05, 4.69) is 10.4 Å². The van der Waals surface area contributed by atoms with Gasteiger partial charge in [0.1, 0.15) is 11.5 Å². The maximum atomic E-state index is 5.45. The second-order valence-corrected chi connectivity index (χ2v) is 4.69. The zero-order valence-corrected chi connectivity index (χ0v) is 12.4. The van der Waals surface area contributed by atoms with Gasteiger partial charge in [-0.05, 0) is 37.7 Å². The van der Waals surface area contributed by atoms with Crippen LogP contribution in [0, 0.1) is 6.92 Å². The van der Waals surface area contributed by atoms with E-state index in [0.29, 0.717) is 0 Å². The summed E-state index contributed by atoms with van der Waals surface area (Å²) in [5.74, 6) is 1.66. The van der Waals surface area contributed by atoms with Gasteiger partial charge in [-0.15, -0.1) is 0 Å². The van der Waals surface area contributed by atoms with Crippen LogP contribution < -0.4 is 14.8 Å². The number of ether oxygens (including phenoxy) is 2. The SMILES string of the molecule is CNC(Cn1cc(C)cn1)c1cc(OC)ccc1OC. The number of nitrogens with one attached hydrogen (secondary N) is 1. The van der Waals surface area contributed by atoms with Crippen molar-refractivity contribution in [2.24, 2.45) is 0 Å². The molecule has 20 heavy (non-hydrogen) atoms. The lowest BCUT2D eigenvalue weighted by Crippen LogP contribution is -2.23. The fraction of sp³-hybridized carbons (Fsp3) is 0.400. The minimum atomic E-state index is 0.0966. The van der Waals surface area contributed by atoms with E-state index in [-0.39, 0.29) is 6.04 Å². The Hall–Kier alpha value is -2.01. The Kier molecular flexibility index (Phi) is 4.63. The molecule has 1 N–H and O–H groups in total. The van der Waals surface area contributed by atoms with Crippen molar-refractivity contribution in [1.82, 2.24) is 15.1 Å². The molecule has 0 aliphatic rings. The van der Waals surface area contributed by atoms with Gasteiger partial charge in [-0.1, -0.05) is 0 Å². The van der Waals surface area contributed by atoms with Crippen molar-refractivity contribution in [3.63, 3.8) is 0 Å². The van der Waals surface area contributed by atoms with Crippen molar-refractivity contribution in [3.05, 3.63) is 41.7 Å². The fourth-order valence-corrected chi connectivity index (χ4v) is 2.21. The first-order chi connectivity index (χ1) is 9.67. The van der Waals surface area contributed by atoms with Crippen molar-refractivity contribution in [2.75, 3.05) is 21.3 Å². The van der Waals surface area contributed by atoms with Crippen LogP contribution >= 0.6 is 0 Å². The molecule has 0 saturated heterocycles. The molecule has 2 rings (SSSR count). The molecule has 5 heteroatoms. The molecule has 1 heterocycles. The van der Waals surface area contributed by atoms with Crippen LogP contribution in [0.2, 0.25) is 0 Å². The molecule has 2 aromatic rings. The lowest BCUT2D eigenvalue weighted by molar-refractivity contribution is 0.382. The molecule has 108 valence electrons. The van der Waals surface area contributed by atoms with Gasteiger partial charge in [0.15, 0.2) is 0 Å². The van der Waals surface area contributed by atoms with Gasteiger partial charge in [-0.2, -0.15) is 5.10 Å². The van der Waals surface area contributed by atoms with Gasteiger partial charge >= 0.3 is 0 Å². The molecule has 0 saturated carbocycles. The predicted molar refractivity (Wildman–Crippen MR) is 78.3 cm³/mol. The van der Waals surface area contributed by atoms with Crippen molar-refractivity contribution in [1.29, 1.82) is 0 Å². The molecular formula is C15H21N3O2. The van der Waals surface area contributed by atoms with Gasteiger partial charge in [0.25, 0.3) is 0 Å². The summed E-state index contributed by atoms with van der Waals surface area (Å²) in [5.41, 5.74) is 2.21. The highest BCUT2D eigenvalue weighted by atomic mass is 16.5. The maximum absolute atomic E-state index is 5.45. The number of hydrogen-bond acceptors (Lipinski definition) is 4. The summed E-state index contributed by atoms with van der Waals surface area (Å²) < 4.78 is 12.7. The molecular weight excluding hydrogens is 254 g/mol. The average molecular weight is 275 g/mol. The zero-order chi connectivity index (χ0) is 14.5. The van der Waals surface area contributed by atoms with Crippen LogP contribution in [0.1, 0.15) is 17.2 Å². The summed E-state index contributed by atoms with van der Waals surface area (Å²) in [6.07, 6.45) is 3.88. The number of aryl methyl sites for hydroxylation is 1. The second-order valence-electron chi connectivity index (χ2n) is 4.69. The first kappa shape index (κ1) is 14.4. The van der Waals surface area contributed by atoms with E-state index in [0.717, 1.165) is 29.2 Å². The highest BCUT2D eigenvalue weighted by molar-refractivity contribution is 5.42. The van der Waals surface area contributed by atoms with E-state index in [4.69, 9.17) is 9.47 Å². The Labute approximate surface area is 119 Å². The van der Waals surface area contributed by atoms with E-state index in [1.807, 2.05) is 49.2 Å². The van der Waals surface area contributed by atoms with Crippen LogP contribution in [-0.4, -0.2) is 31.0 Å². The molecule has 0 fully saturated rings. The molecule has 0 spiro atoms. The van der Waals surface area contributed by atoms with Crippen LogP contribution in [0.25, 0.3) is 0 Å². The largest absolute Gasteiger partial charge is 0.497 e. The van der Waals surface area contributed by atoms with Crippen molar-refractivity contribution in [2.45, 2.75) is 19.5 Å². The molecule has 0 bridgehead atoms. The number of hydrogen-bond donors (Lipinski definition) is 1. The Balaban J connectivity index is 2.30. The Morgan fingerprint density at radius 1 is 1.30 bits per heavy atom. The summed E-state index contributed by atoms with van der Waals surface area (Å²) in [6.45, 7) is 2.76. The second kappa shape index (κ2) is 6.43. The number of nitrogens with zero attached hydrogens (tertiary/aromatic N) is 2. The summed E-state index contributed by atoms with van der Waals surface area (Å²) >= 11 is 0. The molecule has 1 unspecified atom stereocenters. The lowest BCUT2D eigenvalue weighted by atomic mass is 10.1. The molecule has 0 amide bonds. The predicted octanol–water partition coefficient (Wildman–Crippen LogP) is 2.17.